The fourth-order valence-corrected chi connectivity index (χ4v) is 3.06. The van der Waals surface area contributed by atoms with Gasteiger partial charge in [-0.05, 0) is 31.7 Å². The third-order valence-electron chi connectivity index (χ3n) is 4.16. The first kappa shape index (κ1) is 16.4. The highest BCUT2D eigenvalue weighted by Gasteiger charge is 2.34. The largest absolute Gasteiger partial charge is 0.417 e. The Hall–Kier alpha value is -1.50. The second kappa shape index (κ2) is 6.19. The first-order valence-corrected chi connectivity index (χ1v) is 8.00. The number of piperidine rings is 1. The second-order valence-electron chi connectivity index (χ2n) is 6.10. The molecule has 1 atom stereocenters. The molecule has 1 saturated heterocycles. The number of carbonyl (C=O) groups is 1. The quantitative estimate of drug-likeness (QED) is 0.913. The topological polar surface area (TPSA) is 45.2 Å². The van der Waals surface area contributed by atoms with Crippen LogP contribution in [-0.4, -0.2) is 30.0 Å². The molecule has 1 aromatic heterocycles. The molecule has 1 amide bonds. The summed E-state index contributed by atoms with van der Waals surface area (Å²) < 4.78 is 38.0. The van der Waals surface area contributed by atoms with Crippen LogP contribution in [0.1, 0.15) is 31.2 Å². The number of hydrogen-bond acceptors (Lipinski definition) is 3. The zero-order valence-corrected chi connectivity index (χ0v) is 13.1. The average molecular weight is 348 g/mol. The van der Waals surface area contributed by atoms with Gasteiger partial charge in [0.15, 0.2) is 0 Å². The van der Waals surface area contributed by atoms with Crippen LogP contribution in [0.25, 0.3) is 0 Å². The Kier molecular flexibility index (Phi) is 4.40. The van der Waals surface area contributed by atoms with Crippen LogP contribution in [0.15, 0.2) is 12.3 Å². The maximum Gasteiger partial charge on any atom is 0.417 e. The molecule has 1 aliphatic carbocycles. The predicted octanol–water partition coefficient (Wildman–Crippen LogP) is 3.25. The summed E-state index contributed by atoms with van der Waals surface area (Å²) >= 11 is 5.99. The van der Waals surface area contributed by atoms with Crippen LogP contribution in [0.2, 0.25) is 5.02 Å². The van der Waals surface area contributed by atoms with Crippen molar-refractivity contribution in [3.63, 3.8) is 0 Å². The van der Waals surface area contributed by atoms with E-state index >= 15 is 0 Å². The molecule has 1 aliphatic heterocycles. The predicted molar refractivity (Wildman–Crippen MR) is 80.4 cm³/mol. The zero-order chi connectivity index (χ0) is 16.6. The first-order chi connectivity index (χ1) is 10.8. The number of pyridine rings is 1. The van der Waals surface area contributed by atoms with Crippen molar-refractivity contribution < 1.29 is 18.0 Å². The highest BCUT2D eigenvalue weighted by atomic mass is 35.5. The zero-order valence-electron chi connectivity index (χ0n) is 12.4. The third-order valence-corrected chi connectivity index (χ3v) is 4.44. The van der Waals surface area contributed by atoms with Crippen molar-refractivity contribution in [3.05, 3.63) is 22.8 Å². The first-order valence-electron chi connectivity index (χ1n) is 7.62. The molecule has 0 bridgehead atoms. The molecule has 3 rings (SSSR count). The lowest BCUT2D eigenvalue weighted by Crippen LogP contribution is -2.48. The highest BCUT2D eigenvalue weighted by molar-refractivity contribution is 6.33. The number of alkyl halides is 3. The number of rotatable bonds is 3. The molecule has 8 heteroatoms. The third kappa shape index (κ3) is 3.88. The fraction of sp³-hybridized carbons (Fsp3) is 0.600. The van der Waals surface area contributed by atoms with E-state index in [1.165, 1.54) is 0 Å². The number of carbonyl (C=O) groups excluding carboxylic acids is 1. The smallest absolute Gasteiger partial charge is 0.353 e. The Bertz CT molecular complexity index is 604. The summed E-state index contributed by atoms with van der Waals surface area (Å²) in [5.41, 5.74) is -0.859. The molecule has 23 heavy (non-hydrogen) atoms. The van der Waals surface area contributed by atoms with Gasteiger partial charge < -0.3 is 10.2 Å². The van der Waals surface area contributed by atoms with E-state index < -0.39 is 11.7 Å². The van der Waals surface area contributed by atoms with Gasteiger partial charge in [0.05, 0.1) is 10.6 Å². The van der Waals surface area contributed by atoms with Crippen LogP contribution >= 0.6 is 11.6 Å². The van der Waals surface area contributed by atoms with Crippen LogP contribution in [0.5, 0.6) is 0 Å². The molecule has 0 radical (unpaired) electrons. The number of hydrogen-bond donors (Lipinski definition) is 1. The van der Waals surface area contributed by atoms with Gasteiger partial charge in [0, 0.05) is 31.2 Å². The van der Waals surface area contributed by atoms with E-state index in [0.29, 0.717) is 18.9 Å². The number of nitrogens with one attached hydrogen (secondary N) is 1. The van der Waals surface area contributed by atoms with Gasteiger partial charge in [0.1, 0.15) is 5.82 Å². The lowest BCUT2D eigenvalue weighted by atomic mass is 10.1. The summed E-state index contributed by atoms with van der Waals surface area (Å²) in [7, 11) is 0. The Morgan fingerprint density at radius 1 is 1.35 bits per heavy atom. The minimum atomic E-state index is -4.46. The normalized spacial score (nSPS) is 22.1. The number of aromatic nitrogens is 1. The Labute approximate surface area is 137 Å². The Morgan fingerprint density at radius 2 is 2.09 bits per heavy atom. The number of amides is 1. The van der Waals surface area contributed by atoms with Gasteiger partial charge in [-0.3, -0.25) is 4.79 Å². The maximum absolute atomic E-state index is 12.7. The van der Waals surface area contributed by atoms with E-state index in [-0.39, 0.29) is 22.9 Å². The van der Waals surface area contributed by atoms with E-state index in [0.717, 1.165) is 37.9 Å². The number of nitrogens with zero attached hydrogens (tertiary/aromatic N) is 2. The van der Waals surface area contributed by atoms with E-state index in [2.05, 4.69) is 10.3 Å². The van der Waals surface area contributed by atoms with Gasteiger partial charge in [-0.2, -0.15) is 13.2 Å². The molecule has 0 aromatic carbocycles. The molecule has 1 N–H and O–H groups in total. The van der Waals surface area contributed by atoms with Crippen molar-refractivity contribution in [2.45, 2.75) is 37.9 Å². The molecule has 2 heterocycles. The molecule has 1 unspecified atom stereocenters. The van der Waals surface area contributed by atoms with Crippen LogP contribution in [0.3, 0.4) is 0 Å². The van der Waals surface area contributed by atoms with Crippen molar-refractivity contribution in [2.24, 2.45) is 5.92 Å². The summed E-state index contributed by atoms with van der Waals surface area (Å²) in [4.78, 5) is 17.6. The van der Waals surface area contributed by atoms with E-state index in [9.17, 15) is 18.0 Å². The summed E-state index contributed by atoms with van der Waals surface area (Å²) in [5, 5.41) is 2.98. The number of anilines is 1. The summed E-state index contributed by atoms with van der Waals surface area (Å²) in [6, 6.07) is 0.882. The molecule has 2 aliphatic rings. The molecule has 2 fully saturated rings. The molecule has 126 valence electrons. The minimum absolute atomic E-state index is 0.0167. The fourth-order valence-electron chi connectivity index (χ4n) is 2.77. The summed E-state index contributed by atoms with van der Waals surface area (Å²) in [6.45, 7) is 1.17. The summed E-state index contributed by atoms with van der Waals surface area (Å²) in [6.07, 6.45) is -0.101. The lowest BCUT2D eigenvalue weighted by molar-refractivity contribution is -0.137. The van der Waals surface area contributed by atoms with Crippen LogP contribution in [0, 0.1) is 5.92 Å². The van der Waals surface area contributed by atoms with Crippen molar-refractivity contribution in [1.82, 2.24) is 10.3 Å². The molecular formula is C15H17ClF3N3O. The Balaban J connectivity index is 1.69. The Morgan fingerprint density at radius 3 is 2.70 bits per heavy atom. The van der Waals surface area contributed by atoms with Crippen LogP contribution in [0.4, 0.5) is 19.0 Å². The van der Waals surface area contributed by atoms with Crippen molar-refractivity contribution in [1.29, 1.82) is 0 Å². The highest BCUT2D eigenvalue weighted by Crippen LogP contribution is 2.34. The van der Waals surface area contributed by atoms with Crippen molar-refractivity contribution >= 4 is 23.3 Å². The van der Waals surface area contributed by atoms with Gasteiger partial charge in [0.25, 0.3) is 0 Å². The molecule has 1 saturated carbocycles. The maximum atomic E-state index is 12.7. The van der Waals surface area contributed by atoms with E-state index in [1.54, 1.807) is 0 Å². The van der Waals surface area contributed by atoms with Gasteiger partial charge in [-0.25, -0.2) is 4.98 Å². The van der Waals surface area contributed by atoms with Crippen molar-refractivity contribution in [2.75, 3.05) is 18.0 Å². The molecule has 1 aromatic rings. The number of halogens is 4. The van der Waals surface area contributed by atoms with E-state index in [1.807, 2.05) is 4.90 Å². The minimum Gasteiger partial charge on any atom is -0.353 e. The van der Waals surface area contributed by atoms with Crippen LogP contribution < -0.4 is 10.2 Å². The van der Waals surface area contributed by atoms with Crippen molar-refractivity contribution in [3.8, 4) is 0 Å². The van der Waals surface area contributed by atoms with Gasteiger partial charge >= 0.3 is 6.18 Å². The molecular weight excluding hydrogens is 331 g/mol. The van der Waals surface area contributed by atoms with Gasteiger partial charge in [-0.15, -0.1) is 0 Å². The SMILES string of the molecule is O=C(NC1CCCN(c2ncc(C(F)(F)F)cc2Cl)C1)C1CC1. The summed E-state index contributed by atoms with van der Waals surface area (Å²) in [5.74, 6) is 0.548. The standard InChI is InChI=1S/C15H17ClF3N3O/c16-12-6-10(15(17,18)19)7-20-13(12)22-5-1-2-11(8-22)21-14(23)9-3-4-9/h6-7,9,11H,1-5,8H2,(H,21,23). The van der Waals surface area contributed by atoms with Gasteiger partial charge in [-0.1, -0.05) is 11.6 Å². The van der Waals surface area contributed by atoms with Crippen LogP contribution in [-0.2, 0) is 11.0 Å². The monoisotopic (exact) mass is 347 g/mol. The molecule has 4 nitrogen and oxygen atoms in total. The average Bonchev–Trinajstić information content (AvgIpc) is 3.31. The van der Waals surface area contributed by atoms with E-state index in [4.69, 9.17) is 11.6 Å². The second-order valence-corrected chi connectivity index (χ2v) is 6.50. The lowest BCUT2D eigenvalue weighted by Gasteiger charge is -2.34. The molecule has 0 spiro atoms. The van der Waals surface area contributed by atoms with Gasteiger partial charge in [0.2, 0.25) is 5.91 Å².